The maximum atomic E-state index is 13.3. The van der Waals surface area contributed by atoms with Crippen molar-refractivity contribution < 1.29 is 8.42 Å². The molecule has 0 atom stereocenters. The zero-order valence-corrected chi connectivity index (χ0v) is 15.4. The van der Waals surface area contributed by atoms with E-state index in [4.69, 9.17) is 0 Å². The highest BCUT2D eigenvalue weighted by Gasteiger charge is 2.23. The Morgan fingerprint density at radius 2 is 1.52 bits per heavy atom. The number of anilines is 1. The number of aliphatic imine (C=N–C) groups is 1. The molecule has 126 valence electrons. The Kier molecular flexibility index (Phi) is 4.68. The fourth-order valence-corrected chi connectivity index (χ4v) is 4.54. The number of thiocarbonyl (C=S) groups is 1. The minimum absolute atomic E-state index is 0.120. The summed E-state index contributed by atoms with van der Waals surface area (Å²) in [6.45, 7) is 0. The van der Waals surface area contributed by atoms with Gasteiger partial charge in [-0.1, -0.05) is 36.4 Å². The van der Waals surface area contributed by atoms with Crippen LogP contribution in [0.2, 0.25) is 0 Å². The van der Waals surface area contributed by atoms with Crippen LogP contribution in [0.15, 0.2) is 75.4 Å². The zero-order valence-electron chi connectivity index (χ0n) is 13.8. The van der Waals surface area contributed by atoms with Gasteiger partial charge in [-0.05, 0) is 36.5 Å². The number of isothiocyanates is 1. The minimum atomic E-state index is -3.76. The highest BCUT2D eigenvalue weighted by Crippen LogP contribution is 2.35. The molecular formula is C19H16N2O2S2. The highest BCUT2D eigenvalue weighted by molar-refractivity contribution is 7.92. The van der Waals surface area contributed by atoms with Crippen molar-refractivity contribution in [3.63, 3.8) is 0 Å². The van der Waals surface area contributed by atoms with E-state index in [9.17, 15) is 8.42 Å². The summed E-state index contributed by atoms with van der Waals surface area (Å²) >= 11 is 4.64. The van der Waals surface area contributed by atoms with Crippen molar-refractivity contribution in [2.45, 2.75) is 9.79 Å². The van der Waals surface area contributed by atoms with Crippen LogP contribution in [0.5, 0.6) is 0 Å². The number of sulfone groups is 1. The molecule has 0 aromatic heterocycles. The minimum Gasteiger partial charge on any atom is -0.377 e. The molecule has 3 aromatic carbocycles. The third kappa shape index (κ3) is 3.07. The Morgan fingerprint density at radius 1 is 0.880 bits per heavy atom. The van der Waals surface area contributed by atoms with Crippen molar-refractivity contribution in [1.29, 1.82) is 0 Å². The molecule has 0 bridgehead atoms. The van der Waals surface area contributed by atoms with Gasteiger partial charge >= 0.3 is 0 Å². The molecule has 0 amide bonds. The van der Waals surface area contributed by atoms with Gasteiger partial charge in [0, 0.05) is 30.6 Å². The predicted molar refractivity (Wildman–Crippen MR) is 105 cm³/mol. The standard InChI is InChI=1S/C19H16N2O2S2/c1-21(2)17-10-5-8-15-14(17)7-6-12-18(15)25(22,23)19-11-4-3-9-16(19)20-13-24/h3-12H,1-2H3. The van der Waals surface area contributed by atoms with Gasteiger partial charge in [-0.15, -0.1) is 0 Å². The van der Waals surface area contributed by atoms with Gasteiger partial charge in [0.15, 0.2) is 0 Å². The van der Waals surface area contributed by atoms with Gasteiger partial charge in [0.05, 0.1) is 20.6 Å². The van der Waals surface area contributed by atoms with Gasteiger partial charge in [0.25, 0.3) is 0 Å². The Hall–Kier alpha value is -2.53. The molecule has 0 aliphatic heterocycles. The van der Waals surface area contributed by atoms with Crippen molar-refractivity contribution in [1.82, 2.24) is 0 Å². The first-order valence-corrected chi connectivity index (χ1v) is 9.47. The van der Waals surface area contributed by atoms with Crippen molar-refractivity contribution in [2.24, 2.45) is 4.99 Å². The molecule has 0 unspecified atom stereocenters. The number of nitrogens with zero attached hydrogens (tertiary/aromatic N) is 2. The maximum Gasteiger partial charge on any atom is 0.209 e. The molecule has 3 rings (SSSR count). The van der Waals surface area contributed by atoms with Crippen molar-refractivity contribution in [3.8, 4) is 0 Å². The van der Waals surface area contributed by atoms with E-state index < -0.39 is 9.84 Å². The molecule has 4 nitrogen and oxygen atoms in total. The molecule has 0 N–H and O–H groups in total. The Bertz CT molecular complexity index is 1100. The lowest BCUT2D eigenvalue weighted by Gasteiger charge is -2.17. The lowest BCUT2D eigenvalue weighted by molar-refractivity contribution is 0.597. The molecule has 0 fully saturated rings. The summed E-state index contributed by atoms with van der Waals surface area (Å²) in [4.78, 5) is 6.23. The average molecular weight is 368 g/mol. The van der Waals surface area contributed by atoms with Gasteiger partial charge in [-0.2, -0.15) is 4.99 Å². The summed E-state index contributed by atoms with van der Waals surface area (Å²) in [5.74, 6) is 0. The highest BCUT2D eigenvalue weighted by atomic mass is 32.2. The van der Waals surface area contributed by atoms with Crippen LogP contribution in [-0.4, -0.2) is 27.7 Å². The third-order valence-corrected chi connectivity index (χ3v) is 5.90. The summed E-state index contributed by atoms with van der Waals surface area (Å²) in [7, 11) is 0.100. The SMILES string of the molecule is CN(C)c1cccc2c(S(=O)(=O)c3ccccc3N=C=S)cccc12. The number of para-hydroxylation sites is 1. The lowest BCUT2D eigenvalue weighted by atomic mass is 10.1. The summed E-state index contributed by atoms with van der Waals surface area (Å²) in [5.41, 5.74) is 1.25. The van der Waals surface area contributed by atoms with E-state index in [0.717, 1.165) is 11.1 Å². The van der Waals surface area contributed by atoms with Crippen molar-refractivity contribution in [3.05, 3.63) is 60.7 Å². The number of hydrogen-bond donors (Lipinski definition) is 0. The van der Waals surface area contributed by atoms with Crippen LogP contribution in [0.3, 0.4) is 0 Å². The van der Waals surface area contributed by atoms with E-state index in [0.29, 0.717) is 11.1 Å². The second-order valence-electron chi connectivity index (χ2n) is 5.70. The molecule has 0 aliphatic carbocycles. The molecular weight excluding hydrogens is 352 g/mol. The van der Waals surface area contributed by atoms with Crippen LogP contribution in [0, 0.1) is 0 Å². The van der Waals surface area contributed by atoms with Gasteiger partial charge < -0.3 is 4.90 Å². The van der Waals surface area contributed by atoms with Crippen molar-refractivity contribution in [2.75, 3.05) is 19.0 Å². The summed E-state index contributed by atoms with van der Waals surface area (Å²) in [5, 5.41) is 3.80. The van der Waals surface area contributed by atoms with Crippen LogP contribution >= 0.6 is 12.2 Å². The zero-order chi connectivity index (χ0) is 18.0. The van der Waals surface area contributed by atoms with Crippen LogP contribution in [0.4, 0.5) is 11.4 Å². The van der Waals surface area contributed by atoms with E-state index in [2.05, 4.69) is 22.4 Å². The fraction of sp³-hybridized carbons (Fsp3) is 0.105. The Labute approximate surface area is 152 Å². The third-order valence-electron chi connectivity index (χ3n) is 3.95. The summed E-state index contributed by atoms with van der Waals surface area (Å²) in [6.07, 6.45) is 0. The second kappa shape index (κ2) is 6.76. The average Bonchev–Trinajstić information content (AvgIpc) is 2.61. The van der Waals surface area contributed by atoms with E-state index in [-0.39, 0.29) is 9.79 Å². The number of hydrogen-bond acceptors (Lipinski definition) is 5. The molecule has 6 heteroatoms. The van der Waals surface area contributed by atoms with E-state index in [1.807, 2.05) is 43.3 Å². The maximum absolute atomic E-state index is 13.3. The van der Waals surface area contributed by atoms with E-state index >= 15 is 0 Å². The first-order valence-electron chi connectivity index (χ1n) is 7.58. The normalized spacial score (nSPS) is 11.1. The fourth-order valence-electron chi connectivity index (χ4n) is 2.83. The molecule has 0 aliphatic rings. The largest absolute Gasteiger partial charge is 0.377 e. The van der Waals surface area contributed by atoms with Gasteiger partial charge in [0.2, 0.25) is 9.84 Å². The van der Waals surface area contributed by atoms with Gasteiger partial charge in [0.1, 0.15) is 0 Å². The molecule has 0 spiro atoms. The molecule has 0 saturated heterocycles. The van der Waals surface area contributed by atoms with Crippen LogP contribution in [-0.2, 0) is 9.84 Å². The van der Waals surface area contributed by atoms with Crippen LogP contribution in [0.25, 0.3) is 10.8 Å². The quantitative estimate of drug-likeness (QED) is 0.503. The topological polar surface area (TPSA) is 49.7 Å². The number of fused-ring (bicyclic) bond motifs is 1. The van der Waals surface area contributed by atoms with Gasteiger partial charge in [-0.25, -0.2) is 8.42 Å². The summed E-state index contributed by atoms with van der Waals surface area (Å²) < 4.78 is 26.6. The first kappa shape index (κ1) is 17.3. The number of benzene rings is 3. The molecule has 0 radical (unpaired) electrons. The van der Waals surface area contributed by atoms with Gasteiger partial charge in [-0.3, -0.25) is 0 Å². The monoisotopic (exact) mass is 368 g/mol. The Balaban J connectivity index is 2.33. The molecule has 3 aromatic rings. The number of rotatable bonds is 4. The van der Waals surface area contributed by atoms with Crippen LogP contribution < -0.4 is 4.90 Å². The van der Waals surface area contributed by atoms with Crippen LogP contribution in [0.1, 0.15) is 0 Å². The lowest BCUT2D eigenvalue weighted by Crippen LogP contribution is -2.09. The molecule has 0 saturated carbocycles. The Morgan fingerprint density at radius 3 is 2.24 bits per heavy atom. The second-order valence-corrected chi connectivity index (χ2v) is 7.77. The van der Waals surface area contributed by atoms with E-state index in [1.165, 1.54) is 6.07 Å². The summed E-state index contributed by atoms with van der Waals surface area (Å²) in [6, 6.07) is 17.5. The first-order chi connectivity index (χ1) is 12.0. The van der Waals surface area contributed by atoms with E-state index in [1.54, 1.807) is 30.3 Å². The molecule has 0 heterocycles. The molecule has 25 heavy (non-hydrogen) atoms. The predicted octanol–water partition coefficient (Wildman–Crippen LogP) is 4.47. The van der Waals surface area contributed by atoms with Crippen molar-refractivity contribution >= 4 is 49.4 Å². The smallest absolute Gasteiger partial charge is 0.209 e.